The van der Waals surface area contributed by atoms with Crippen molar-refractivity contribution in [3.63, 3.8) is 0 Å². The summed E-state index contributed by atoms with van der Waals surface area (Å²) in [4.78, 5) is 9.80. The van der Waals surface area contributed by atoms with Crippen LogP contribution in [-0.4, -0.2) is 30.7 Å². The molecule has 1 saturated carbocycles. The van der Waals surface area contributed by atoms with Crippen LogP contribution in [0.15, 0.2) is 23.1 Å². The van der Waals surface area contributed by atoms with Crippen molar-refractivity contribution in [2.75, 3.05) is 7.05 Å². The lowest BCUT2D eigenvalue weighted by Crippen LogP contribution is -2.29. The minimum absolute atomic E-state index is 0.00639. The second kappa shape index (κ2) is 4.49. The van der Waals surface area contributed by atoms with Crippen LogP contribution in [0.25, 0.3) is 0 Å². The Kier molecular flexibility index (Phi) is 3.31. The molecule has 98 valence electrons. The molecule has 18 heavy (non-hydrogen) atoms. The first-order valence-electron chi connectivity index (χ1n) is 5.26. The van der Waals surface area contributed by atoms with E-state index in [0.717, 1.165) is 18.9 Å². The minimum Gasteiger partial charge on any atom is -0.258 e. The first kappa shape index (κ1) is 13.3. The van der Waals surface area contributed by atoms with E-state index in [4.69, 9.17) is 11.6 Å². The van der Waals surface area contributed by atoms with Crippen molar-refractivity contribution in [2.45, 2.75) is 23.8 Å². The van der Waals surface area contributed by atoms with Gasteiger partial charge >= 0.3 is 0 Å². The number of benzene rings is 1. The standard InChI is InChI=1S/C10H11ClN2O4S/c1-12(7-2-3-7)18(16,17)10-6-8(13(14)15)4-5-9(10)11/h4-7H,2-3H2,1H3. The lowest BCUT2D eigenvalue weighted by Gasteiger charge is -2.16. The van der Waals surface area contributed by atoms with Crippen LogP contribution in [0.5, 0.6) is 0 Å². The zero-order valence-corrected chi connectivity index (χ0v) is 11.1. The molecule has 2 rings (SSSR count). The third-order valence-electron chi connectivity index (χ3n) is 2.84. The van der Waals surface area contributed by atoms with Crippen LogP contribution in [0, 0.1) is 10.1 Å². The number of sulfonamides is 1. The molecule has 0 N–H and O–H groups in total. The largest absolute Gasteiger partial charge is 0.270 e. The quantitative estimate of drug-likeness (QED) is 0.627. The summed E-state index contributed by atoms with van der Waals surface area (Å²) in [7, 11) is -2.31. The second-order valence-corrected chi connectivity index (χ2v) is 6.50. The Balaban J connectivity index is 2.48. The fourth-order valence-electron chi connectivity index (χ4n) is 1.59. The maximum Gasteiger partial charge on any atom is 0.270 e. The SMILES string of the molecule is CN(C1CC1)S(=O)(=O)c1cc([N+](=O)[O-])ccc1Cl. The summed E-state index contributed by atoms with van der Waals surface area (Å²) >= 11 is 5.83. The zero-order chi connectivity index (χ0) is 13.5. The molecule has 0 unspecified atom stereocenters. The summed E-state index contributed by atoms with van der Waals surface area (Å²) < 4.78 is 25.7. The average molecular weight is 291 g/mol. The van der Waals surface area contributed by atoms with E-state index in [1.807, 2.05) is 0 Å². The highest BCUT2D eigenvalue weighted by Gasteiger charge is 2.36. The van der Waals surface area contributed by atoms with Crippen LogP contribution in [0.2, 0.25) is 5.02 Å². The fraction of sp³-hybridized carbons (Fsp3) is 0.400. The van der Waals surface area contributed by atoms with Gasteiger partial charge in [-0.15, -0.1) is 0 Å². The molecule has 0 amide bonds. The van der Waals surface area contributed by atoms with Gasteiger partial charge in [-0.05, 0) is 18.9 Å². The van der Waals surface area contributed by atoms with Crippen LogP contribution in [0.3, 0.4) is 0 Å². The highest BCUT2D eigenvalue weighted by atomic mass is 35.5. The molecule has 0 aromatic heterocycles. The molecule has 0 heterocycles. The molecule has 0 aliphatic heterocycles. The molecule has 1 fully saturated rings. The number of halogens is 1. The molecule has 1 aliphatic carbocycles. The van der Waals surface area contributed by atoms with E-state index in [1.165, 1.54) is 23.5 Å². The Hall–Kier alpha value is -1.18. The molecule has 6 nitrogen and oxygen atoms in total. The van der Waals surface area contributed by atoms with Crippen molar-refractivity contribution >= 4 is 27.3 Å². The summed E-state index contributed by atoms with van der Waals surface area (Å²) in [6.07, 6.45) is 1.62. The molecule has 0 bridgehead atoms. The molecular formula is C10H11ClN2O4S. The van der Waals surface area contributed by atoms with E-state index < -0.39 is 14.9 Å². The van der Waals surface area contributed by atoms with Crippen molar-refractivity contribution in [1.29, 1.82) is 0 Å². The number of nitro groups is 1. The highest BCUT2D eigenvalue weighted by molar-refractivity contribution is 7.89. The zero-order valence-electron chi connectivity index (χ0n) is 9.54. The molecule has 0 spiro atoms. The third-order valence-corrected chi connectivity index (χ3v) is 5.24. The summed E-state index contributed by atoms with van der Waals surface area (Å²) in [5, 5.41) is 10.7. The van der Waals surface area contributed by atoms with Gasteiger partial charge in [-0.2, -0.15) is 4.31 Å². The maximum absolute atomic E-state index is 12.2. The smallest absolute Gasteiger partial charge is 0.258 e. The van der Waals surface area contributed by atoms with Gasteiger partial charge in [0.25, 0.3) is 5.69 Å². The number of nitrogens with zero attached hydrogens (tertiary/aromatic N) is 2. The van der Waals surface area contributed by atoms with Gasteiger partial charge in [0.15, 0.2) is 0 Å². The number of hydrogen-bond acceptors (Lipinski definition) is 4. The normalized spacial score (nSPS) is 15.9. The van der Waals surface area contributed by atoms with Crippen LogP contribution in [0.1, 0.15) is 12.8 Å². The molecule has 1 aromatic rings. The molecule has 0 radical (unpaired) electrons. The molecule has 8 heteroatoms. The van der Waals surface area contributed by atoms with Crippen molar-refractivity contribution in [3.05, 3.63) is 33.3 Å². The summed E-state index contributed by atoms with van der Waals surface area (Å²) in [5.74, 6) is 0. The van der Waals surface area contributed by atoms with Crippen LogP contribution in [-0.2, 0) is 10.0 Å². The Morgan fingerprint density at radius 2 is 2.06 bits per heavy atom. The molecule has 1 aromatic carbocycles. The van der Waals surface area contributed by atoms with E-state index in [0.29, 0.717) is 0 Å². The Morgan fingerprint density at radius 3 is 2.56 bits per heavy atom. The minimum atomic E-state index is -3.77. The fourth-order valence-corrected chi connectivity index (χ4v) is 3.50. The molecular weight excluding hydrogens is 280 g/mol. The van der Waals surface area contributed by atoms with Gasteiger partial charge in [-0.3, -0.25) is 10.1 Å². The average Bonchev–Trinajstić information content (AvgIpc) is 3.11. The van der Waals surface area contributed by atoms with Crippen molar-refractivity contribution in [2.24, 2.45) is 0 Å². The Labute approximate surface area is 109 Å². The predicted molar refractivity (Wildman–Crippen MR) is 66.1 cm³/mol. The third kappa shape index (κ3) is 2.33. The molecule has 1 aliphatic rings. The summed E-state index contributed by atoms with van der Waals surface area (Å²) in [5.41, 5.74) is -0.290. The molecule has 0 atom stereocenters. The lowest BCUT2D eigenvalue weighted by atomic mass is 10.3. The topological polar surface area (TPSA) is 80.5 Å². The van der Waals surface area contributed by atoms with Gasteiger partial charge in [-0.1, -0.05) is 11.6 Å². The van der Waals surface area contributed by atoms with Crippen LogP contribution >= 0.6 is 11.6 Å². The maximum atomic E-state index is 12.2. The molecule has 0 saturated heterocycles. The Morgan fingerprint density at radius 1 is 1.44 bits per heavy atom. The van der Waals surface area contributed by atoms with Gasteiger partial charge in [0.1, 0.15) is 4.90 Å². The van der Waals surface area contributed by atoms with Gasteiger partial charge < -0.3 is 0 Å². The van der Waals surface area contributed by atoms with Crippen LogP contribution < -0.4 is 0 Å². The van der Waals surface area contributed by atoms with E-state index in [1.54, 1.807) is 0 Å². The summed E-state index contributed by atoms with van der Waals surface area (Å²) in [6.45, 7) is 0. The van der Waals surface area contributed by atoms with E-state index >= 15 is 0 Å². The first-order valence-corrected chi connectivity index (χ1v) is 7.08. The van der Waals surface area contributed by atoms with Gasteiger partial charge in [0.2, 0.25) is 10.0 Å². The number of hydrogen-bond donors (Lipinski definition) is 0. The summed E-state index contributed by atoms with van der Waals surface area (Å²) in [6, 6.07) is 3.38. The Bertz CT molecular complexity index is 598. The highest BCUT2D eigenvalue weighted by Crippen LogP contribution is 2.34. The first-order chi connectivity index (χ1) is 8.34. The van der Waals surface area contributed by atoms with Gasteiger partial charge in [0.05, 0.1) is 9.95 Å². The second-order valence-electron chi connectivity index (χ2n) is 4.12. The van der Waals surface area contributed by atoms with Crippen molar-refractivity contribution < 1.29 is 13.3 Å². The monoisotopic (exact) mass is 290 g/mol. The van der Waals surface area contributed by atoms with Gasteiger partial charge in [-0.25, -0.2) is 8.42 Å². The number of nitro benzene ring substituents is 1. The van der Waals surface area contributed by atoms with Crippen LogP contribution in [0.4, 0.5) is 5.69 Å². The number of non-ortho nitro benzene ring substituents is 1. The van der Waals surface area contributed by atoms with E-state index in [-0.39, 0.29) is 21.6 Å². The predicted octanol–water partition coefficient (Wildman–Crippen LogP) is 2.03. The van der Waals surface area contributed by atoms with Crippen molar-refractivity contribution in [1.82, 2.24) is 4.31 Å². The van der Waals surface area contributed by atoms with Gasteiger partial charge in [0, 0.05) is 25.2 Å². The van der Waals surface area contributed by atoms with E-state index in [9.17, 15) is 18.5 Å². The lowest BCUT2D eigenvalue weighted by molar-refractivity contribution is -0.385. The van der Waals surface area contributed by atoms with E-state index in [2.05, 4.69) is 0 Å². The van der Waals surface area contributed by atoms with Crippen molar-refractivity contribution in [3.8, 4) is 0 Å². The number of rotatable bonds is 4.